The van der Waals surface area contributed by atoms with Crippen LogP contribution in [0.3, 0.4) is 0 Å². The molecule has 2 aromatic heterocycles. The van der Waals surface area contributed by atoms with Crippen LogP contribution in [0, 0.1) is 0 Å². The van der Waals surface area contributed by atoms with Crippen molar-refractivity contribution in [3.8, 4) is 11.1 Å². The van der Waals surface area contributed by atoms with E-state index in [-0.39, 0.29) is 19.1 Å². The Labute approximate surface area is 131 Å². The number of aryl methyl sites for hydroxylation is 1. The molecule has 0 saturated carbocycles. The Morgan fingerprint density at radius 2 is 1.91 bits per heavy atom. The highest BCUT2D eigenvalue weighted by atomic mass is 31.2. The summed E-state index contributed by atoms with van der Waals surface area (Å²) in [4.78, 5) is 33.9. The fourth-order valence-corrected chi connectivity index (χ4v) is 2.92. The molecule has 2 heterocycles. The van der Waals surface area contributed by atoms with Crippen LogP contribution in [-0.2, 0) is 11.1 Å². The number of benzene rings is 1. The summed E-state index contributed by atoms with van der Waals surface area (Å²) in [7, 11) is -4.07. The molecule has 0 saturated heterocycles. The molecule has 0 aliphatic rings. The van der Waals surface area contributed by atoms with E-state index in [1.165, 1.54) is 4.57 Å². The Bertz CT molecular complexity index is 926. The Morgan fingerprint density at radius 3 is 2.61 bits per heavy atom. The summed E-state index contributed by atoms with van der Waals surface area (Å²) in [6, 6.07) is 11.3. The minimum absolute atomic E-state index is 0.147. The Balaban J connectivity index is 1.91. The average molecular weight is 334 g/mol. The maximum Gasteiger partial charge on any atom is 0.421 e. The highest BCUT2D eigenvalue weighted by Gasteiger charge is 2.15. The van der Waals surface area contributed by atoms with E-state index in [0.717, 1.165) is 11.1 Å². The standard InChI is InChI=1S/C15H15N2O5P/c18-15-17(7-4-8-23(19,20)21)14-13(22-15)9-12(10-16-14)11-5-2-1-3-6-11/h1-3,5-6,9-10H,4,7-8H2,(H2,19,20,21). The zero-order chi connectivity index (χ0) is 16.4. The van der Waals surface area contributed by atoms with Crippen molar-refractivity contribution in [2.75, 3.05) is 6.16 Å². The van der Waals surface area contributed by atoms with Crippen molar-refractivity contribution in [2.45, 2.75) is 13.0 Å². The maximum absolute atomic E-state index is 11.9. The predicted octanol–water partition coefficient (Wildman–Crippen LogP) is 2.22. The summed E-state index contributed by atoms with van der Waals surface area (Å²) in [5.74, 6) is -0.580. The lowest BCUT2D eigenvalue weighted by Crippen LogP contribution is -2.15. The van der Waals surface area contributed by atoms with E-state index in [2.05, 4.69) is 4.98 Å². The molecule has 0 atom stereocenters. The van der Waals surface area contributed by atoms with Crippen molar-refractivity contribution in [3.63, 3.8) is 0 Å². The third-order valence-electron chi connectivity index (χ3n) is 3.44. The van der Waals surface area contributed by atoms with Crippen molar-refractivity contribution in [2.24, 2.45) is 0 Å². The van der Waals surface area contributed by atoms with E-state index in [4.69, 9.17) is 14.2 Å². The van der Waals surface area contributed by atoms with Gasteiger partial charge in [0.15, 0.2) is 11.2 Å². The van der Waals surface area contributed by atoms with Gasteiger partial charge < -0.3 is 14.2 Å². The lowest BCUT2D eigenvalue weighted by atomic mass is 10.1. The van der Waals surface area contributed by atoms with E-state index >= 15 is 0 Å². The molecule has 0 spiro atoms. The number of pyridine rings is 1. The van der Waals surface area contributed by atoms with Crippen LogP contribution in [0.5, 0.6) is 0 Å². The first-order chi connectivity index (χ1) is 10.9. The zero-order valence-electron chi connectivity index (χ0n) is 12.1. The Kier molecular flexibility index (Phi) is 4.17. The number of rotatable bonds is 5. The van der Waals surface area contributed by atoms with Gasteiger partial charge in [0.25, 0.3) is 0 Å². The van der Waals surface area contributed by atoms with Gasteiger partial charge in [0.05, 0.1) is 6.16 Å². The maximum atomic E-state index is 11.9. The molecule has 0 aliphatic heterocycles. The average Bonchev–Trinajstić information content (AvgIpc) is 2.82. The van der Waals surface area contributed by atoms with Crippen LogP contribution in [-0.4, -0.2) is 25.5 Å². The number of nitrogens with zero attached hydrogens (tertiary/aromatic N) is 2. The molecule has 0 bridgehead atoms. The molecule has 1 aromatic carbocycles. The Morgan fingerprint density at radius 1 is 1.17 bits per heavy atom. The van der Waals surface area contributed by atoms with Crippen LogP contribution in [0.2, 0.25) is 0 Å². The fourth-order valence-electron chi connectivity index (χ4n) is 2.37. The van der Waals surface area contributed by atoms with Crippen LogP contribution < -0.4 is 5.76 Å². The predicted molar refractivity (Wildman–Crippen MR) is 85.2 cm³/mol. The van der Waals surface area contributed by atoms with Crippen molar-refractivity contribution < 1.29 is 18.8 Å². The summed E-state index contributed by atoms with van der Waals surface area (Å²) in [6.07, 6.45) is 1.53. The molecule has 0 fully saturated rings. The van der Waals surface area contributed by atoms with Gasteiger partial charge in [-0.3, -0.25) is 9.13 Å². The van der Waals surface area contributed by atoms with Crippen LogP contribution in [0.1, 0.15) is 6.42 Å². The molecule has 2 N–H and O–H groups in total. The van der Waals surface area contributed by atoms with E-state index in [1.54, 1.807) is 12.3 Å². The number of hydrogen-bond donors (Lipinski definition) is 2. The zero-order valence-corrected chi connectivity index (χ0v) is 13.0. The molecule has 120 valence electrons. The van der Waals surface area contributed by atoms with Crippen molar-refractivity contribution in [3.05, 3.63) is 53.1 Å². The first-order valence-corrected chi connectivity index (χ1v) is 8.83. The van der Waals surface area contributed by atoms with Crippen molar-refractivity contribution in [1.29, 1.82) is 0 Å². The van der Waals surface area contributed by atoms with Crippen LogP contribution in [0.4, 0.5) is 0 Å². The van der Waals surface area contributed by atoms with Crippen LogP contribution in [0.25, 0.3) is 22.4 Å². The second kappa shape index (κ2) is 6.12. The lowest BCUT2D eigenvalue weighted by molar-refractivity contribution is 0.369. The molecule has 23 heavy (non-hydrogen) atoms. The van der Waals surface area contributed by atoms with Gasteiger partial charge in [0, 0.05) is 18.3 Å². The van der Waals surface area contributed by atoms with Gasteiger partial charge >= 0.3 is 13.4 Å². The minimum atomic E-state index is -4.07. The second-order valence-electron chi connectivity index (χ2n) is 5.17. The summed E-state index contributed by atoms with van der Waals surface area (Å²) in [6.45, 7) is 0.147. The Hall–Kier alpha value is -2.21. The third kappa shape index (κ3) is 3.59. The second-order valence-corrected chi connectivity index (χ2v) is 6.95. The number of aromatic nitrogens is 2. The summed E-state index contributed by atoms with van der Waals surface area (Å²) >= 11 is 0. The van der Waals surface area contributed by atoms with Gasteiger partial charge in [-0.25, -0.2) is 9.78 Å². The van der Waals surface area contributed by atoms with E-state index in [9.17, 15) is 9.36 Å². The van der Waals surface area contributed by atoms with Gasteiger partial charge in [-0.2, -0.15) is 0 Å². The molecular formula is C15H15N2O5P. The summed E-state index contributed by atoms with van der Waals surface area (Å²) < 4.78 is 17.4. The molecular weight excluding hydrogens is 319 g/mol. The van der Waals surface area contributed by atoms with Gasteiger partial charge in [0.2, 0.25) is 0 Å². The van der Waals surface area contributed by atoms with Gasteiger partial charge in [-0.05, 0) is 18.1 Å². The van der Waals surface area contributed by atoms with Crippen LogP contribution >= 0.6 is 7.60 Å². The summed E-state index contributed by atoms with van der Waals surface area (Å²) in [5, 5.41) is 0. The summed E-state index contributed by atoms with van der Waals surface area (Å²) in [5.41, 5.74) is 2.51. The largest absolute Gasteiger partial charge is 0.421 e. The smallest absolute Gasteiger partial charge is 0.406 e. The molecule has 7 nitrogen and oxygen atoms in total. The third-order valence-corrected chi connectivity index (χ3v) is 4.34. The van der Waals surface area contributed by atoms with Crippen LogP contribution in [0.15, 0.2) is 51.8 Å². The van der Waals surface area contributed by atoms with Gasteiger partial charge in [-0.15, -0.1) is 0 Å². The molecule has 0 aliphatic carbocycles. The number of oxazole rings is 1. The SMILES string of the molecule is O=c1oc2cc(-c3ccccc3)cnc2n1CCCP(=O)(O)O. The molecule has 0 amide bonds. The molecule has 3 aromatic rings. The lowest BCUT2D eigenvalue weighted by Gasteiger charge is -2.04. The monoisotopic (exact) mass is 334 g/mol. The quantitative estimate of drug-likeness (QED) is 0.693. The van der Waals surface area contributed by atoms with Crippen molar-refractivity contribution >= 4 is 18.8 Å². The normalized spacial score (nSPS) is 11.9. The highest BCUT2D eigenvalue weighted by Crippen LogP contribution is 2.35. The minimum Gasteiger partial charge on any atom is -0.406 e. The number of hydrogen-bond acceptors (Lipinski definition) is 4. The highest BCUT2D eigenvalue weighted by molar-refractivity contribution is 7.51. The topological polar surface area (TPSA) is 106 Å². The number of fused-ring (bicyclic) bond motifs is 1. The van der Waals surface area contributed by atoms with E-state index < -0.39 is 13.4 Å². The first kappa shape index (κ1) is 15.7. The van der Waals surface area contributed by atoms with E-state index in [0.29, 0.717) is 11.2 Å². The first-order valence-electron chi connectivity index (χ1n) is 7.03. The van der Waals surface area contributed by atoms with Gasteiger partial charge in [0.1, 0.15) is 0 Å². The molecule has 0 radical (unpaired) electrons. The van der Waals surface area contributed by atoms with E-state index in [1.807, 2.05) is 30.3 Å². The molecule has 8 heteroatoms. The van der Waals surface area contributed by atoms with Crippen molar-refractivity contribution in [1.82, 2.24) is 9.55 Å². The van der Waals surface area contributed by atoms with Gasteiger partial charge in [-0.1, -0.05) is 30.3 Å². The fraction of sp³-hybridized carbons (Fsp3) is 0.200. The molecule has 0 unspecified atom stereocenters. The molecule has 3 rings (SSSR count).